The highest BCUT2D eigenvalue weighted by molar-refractivity contribution is 9.10. The predicted molar refractivity (Wildman–Crippen MR) is 46.4 cm³/mol. The molecule has 0 aliphatic heterocycles. The van der Waals surface area contributed by atoms with Crippen molar-refractivity contribution in [2.45, 2.75) is 18.3 Å². The maximum Gasteiger partial charge on any atom is 0.255 e. The van der Waals surface area contributed by atoms with Gasteiger partial charge in [-0.2, -0.15) is 0 Å². The minimum Gasteiger partial charge on any atom is -0.206 e. The molecule has 0 N–H and O–H groups in total. The van der Waals surface area contributed by atoms with Crippen LogP contribution in [0.5, 0.6) is 0 Å². The summed E-state index contributed by atoms with van der Waals surface area (Å²) in [6.07, 6.45) is -0.00435. The van der Waals surface area contributed by atoms with E-state index in [1.165, 1.54) is 0 Å². The molecule has 1 aromatic carbocycles. The molecule has 0 amide bonds. The first kappa shape index (κ1) is 8.17. The number of benzene rings is 1. The van der Waals surface area contributed by atoms with E-state index >= 15 is 0 Å². The van der Waals surface area contributed by atoms with Crippen molar-refractivity contribution >= 4 is 15.9 Å². The van der Waals surface area contributed by atoms with Gasteiger partial charge in [-0.3, -0.25) is 0 Å². The summed E-state index contributed by atoms with van der Waals surface area (Å²) in [5, 5.41) is 0. The van der Waals surface area contributed by atoms with E-state index < -0.39 is 11.8 Å². The van der Waals surface area contributed by atoms with E-state index in [0.29, 0.717) is 0 Å². The molecule has 1 aliphatic carbocycles. The van der Waals surface area contributed by atoms with Crippen molar-refractivity contribution in [1.29, 1.82) is 0 Å². The summed E-state index contributed by atoms with van der Waals surface area (Å²) >= 11 is 3.26. The summed E-state index contributed by atoms with van der Waals surface area (Å²) in [4.78, 5) is 0. The number of rotatable bonds is 1. The average Bonchev–Trinajstić information content (AvgIpc) is 2.61. The van der Waals surface area contributed by atoms with Gasteiger partial charge in [0.1, 0.15) is 0 Å². The highest BCUT2D eigenvalue weighted by Crippen LogP contribution is 2.56. The Bertz CT molecular complexity index is 309. The molecule has 1 atom stereocenters. The molecule has 64 valence electrons. The van der Waals surface area contributed by atoms with Crippen LogP contribution in [0.25, 0.3) is 0 Å². The van der Waals surface area contributed by atoms with Crippen LogP contribution in [-0.2, 0) is 0 Å². The molecule has 0 saturated heterocycles. The summed E-state index contributed by atoms with van der Waals surface area (Å²) in [6.45, 7) is 0. The highest BCUT2D eigenvalue weighted by Gasteiger charge is 2.57. The first-order valence-corrected chi connectivity index (χ1v) is 4.53. The van der Waals surface area contributed by atoms with E-state index in [1.54, 1.807) is 18.2 Å². The summed E-state index contributed by atoms with van der Waals surface area (Å²) in [7, 11) is 0. The van der Waals surface area contributed by atoms with E-state index in [-0.39, 0.29) is 6.42 Å². The molecule has 2 rings (SSSR count). The van der Waals surface area contributed by atoms with Gasteiger partial charge in [0.25, 0.3) is 5.92 Å². The smallest absolute Gasteiger partial charge is 0.206 e. The first-order valence-electron chi connectivity index (χ1n) is 3.73. The fourth-order valence-electron chi connectivity index (χ4n) is 1.31. The third kappa shape index (κ3) is 1.26. The van der Waals surface area contributed by atoms with Gasteiger partial charge in [0.05, 0.1) is 5.92 Å². The van der Waals surface area contributed by atoms with Gasteiger partial charge in [-0.05, 0) is 11.6 Å². The Kier molecular flexibility index (Phi) is 1.72. The molecule has 0 bridgehead atoms. The van der Waals surface area contributed by atoms with Crippen LogP contribution in [-0.4, -0.2) is 5.92 Å². The Morgan fingerprint density at radius 2 is 1.92 bits per heavy atom. The van der Waals surface area contributed by atoms with Gasteiger partial charge < -0.3 is 0 Å². The Balaban J connectivity index is 2.31. The van der Waals surface area contributed by atoms with Crippen LogP contribution in [0.2, 0.25) is 0 Å². The Morgan fingerprint density at radius 3 is 2.42 bits per heavy atom. The van der Waals surface area contributed by atoms with Crippen LogP contribution in [0, 0.1) is 0 Å². The SMILES string of the molecule is FC1(F)CC1c1ccccc1Br. The zero-order chi connectivity index (χ0) is 8.77. The molecule has 0 spiro atoms. The second kappa shape index (κ2) is 2.52. The van der Waals surface area contributed by atoms with Gasteiger partial charge in [-0.15, -0.1) is 0 Å². The molecular formula is C9H7BrF2. The zero-order valence-corrected chi connectivity index (χ0v) is 7.81. The zero-order valence-electron chi connectivity index (χ0n) is 6.23. The van der Waals surface area contributed by atoms with E-state index in [4.69, 9.17) is 0 Å². The van der Waals surface area contributed by atoms with Crippen molar-refractivity contribution in [3.63, 3.8) is 0 Å². The third-order valence-corrected chi connectivity index (χ3v) is 2.83. The molecule has 1 unspecified atom stereocenters. The van der Waals surface area contributed by atoms with E-state index in [9.17, 15) is 8.78 Å². The fraction of sp³-hybridized carbons (Fsp3) is 0.333. The minimum atomic E-state index is -2.47. The van der Waals surface area contributed by atoms with E-state index in [0.717, 1.165) is 10.0 Å². The van der Waals surface area contributed by atoms with Crippen LogP contribution in [0.15, 0.2) is 28.7 Å². The number of hydrogen-bond acceptors (Lipinski definition) is 0. The summed E-state index contributed by atoms with van der Waals surface area (Å²) in [6, 6.07) is 7.15. The maximum atomic E-state index is 12.6. The molecule has 0 heterocycles. The van der Waals surface area contributed by atoms with Crippen molar-refractivity contribution in [1.82, 2.24) is 0 Å². The molecule has 12 heavy (non-hydrogen) atoms. The monoisotopic (exact) mass is 232 g/mol. The van der Waals surface area contributed by atoms with Gasteiger partial charge in [-0.25, -0.2) is 8.78 Å². The molecular weight excluding hydrogens is 226 g/mol. The lowest BCUT2D eigenvalue weighted by Gasteiger charge is -2.01. The molecule has 1 aromatic rings. The molecule has 1 aliphatic rings. The minimum absolute atomic E-state index is 0.00435. The van der Waals surface area contributed by atoms with Crippen molar-refractivity contribution in [2.75, 3.05) is 0 Å². The third-order valence-electron chi connectivity index (χ3n) is 2.11. The molecule has 0 radical (unpaired) electrons. The average molecular weight is 233 g/mol. The number of hydrogen-bond donors (Lipinski definition) is 0. The lowest BCUT2D eigenvalue weighted by Crippen LogP contribution is -1.93. The Labute approximate surface area is 77.7 Å². The van der Waals surface area contributed by atoms with Crippen molar-refractivity contribution in [3.8, 4) is 0 Å². The summed E-state index contributed by atoms with van der Waals surface area (Å²) < 4.78 is 26.1. The van der Waals surface area contributed by atoms with Crippen molar-refractivity contribution in [3.05, 3.63) is 34.3 Å². The van der Waals surface area contributed by atoms with E-state index in [1.807, 2.05) is 6.07 Å². The normalized spacial score (nSPS) is 25.4. The standard InChI is InChI=1S/C9H7BrF2/c10-8-4-2-1-3-6(8)7-5-9(7,11)12/h1-4,7H,5H2. The van der Waals surface area contributed by atoms with Crippen LogP contribution >= 0.6 is 15.9 Å². The number of halogens is 3. The van der Waals surface area contributed by atoms with Crippen molar-refractivity contribution in [2.24, 2.45) is 0 Å². The van der Waals surface area contributed by atoms with Gasteiger partial charge in [-0.1, -0.05) is 34.1 Å². The topological polar surface area (TPSA) is 0 Å². The van der Waals surface area contributed by atoms with E-state index in [2.05, 4.69) is 15.9 Å². The quantitative estimate of drug-likeness (QED) is 0.695. The van der Waals surface area contributed by atoms with Crippen LogP contribution in [0.3, 0.4) is 0 Å². The van der Waals surface area contributed by atoms with Crippen LogP contribution < -0.4 is 0 Å². The van der Waals surface area contributed by atoms with Crippen molar-refractivity contribution < 1.29 is 8.78 Å². The van der Waals surface area contributed by atoms with Crippen LogP contribution in [0.1, 0.15) is 17.9 Å². The summed E-state index contributed by atoms with van der Waals surface area (Å²) in [5.41, 5.74) is 0.725. The first-order chi connectivity index (χ1) is 5.61. The van der Waals surface area contributed by atoms with Gasteiger partial charge in [0.15, 0.2) is 0 Å². The van der Waals surface area contributed by atoms with Crippen LogP contribution in [0.4, 0.5) is 8.78 Å². The Hall–Kier alpha value is -0.440. The molecule has 1 saturated carbocycles. The summed E-state index contributed by atoms with van der Waals surface area (Å²) in [5.74, 6) is -3.03. The lowest BCUT2D eigenvalue weighted by atomic mass is 10.1. The molecule has 3 heteroatoms. The predicted octanol–water partition coefficient (Wildman–Crippen LogP) is 3.57. The second-order valence-corrected chi connectivity index (χ2v) is 3.89. The lowest BCUT2D eigenvalue weighted by molar-refractivity contribution is 0.112. The molecule has 0 aromatic heterocycles. The highest BCUT2D eigenvalue weighted by atomic mass is 79.9. The van der Waals surface area contributed by atoms with Gasteiger partial charge >= 0.3 is 0 Å². The van der Waals surface area contributed by atoms with Gasteiger partial charge in [0, 0.05) is 10.9 Å². The number of alkyl halides is 2. The molecule has 0 nitrogen and oxygen atoms in total. The largest absolute Gasteiger partial charge is 0.255 e. The molecule has 1 fully saturated rings. The second-order valence-electron chi connectivity index (χ2n) is 3.04. The fourth-order valence-corrected chi connectivity index (χ4v) is 1.87. The Morgan fingerprint density at radius 1 is 1.33 bits per heavy atom. The van der Waals surface area contributed by atoms with Gasteiger partial charge in [0.2, 0.25) is 0 Å². The maximum absolute atomic E-state index is 12.6.